The number of rotatable bonds is 6. The van der Waals surface area contributed by atoms with Gasteiger partial charge in [0.25, 0.3) is 0 Å². The van der Waals surface area contributed by atoms with Gasteiger partial charge < -0.3 is 14.2 Å². The van der Waals surface area contributed by atoms with Gasteiger partial charge in [0.05, 0.1) is 13.2 Å². The molecule has 1 aromatic carbocycles. The van der Waals surface area contributed by atoms with Crippen LogP contribution in [0.4, 0.5) is 0 Å². The first-order valence-electron chi connectivity index (χ1n) is 4.71. The second-order valence-corrected chi connectivity index (χ2v) is 2.75. The fraction of sp³-hybridized carbons (Fsp3) is 0.455. The molecule has 0 aliphatic carbocycles. The molecule has 0 unspecified atom stereocenters. The monoisotopic (exact) mass is 196 g/mol. The minimum atomic E-state index is 0.562. The highest BCUT2D eigenvalue weighted by molar-refractivity contribution is 5.32. The van der Waals surface area contributed by atoms with Gasteiger partial charge in [-0.05, 0) is 19.1 Å². The second-order valence-electron chi connectivity index (χ2n) is 2.75. The molecule has 0 radical (unpaired) electrons. The fourth-order valence-corrected chi connectivity index (χ4v) is 1.06. The van der Waals surface area contributed by atoms with Gasteiger partial charge >= 0.3 is 0 Å². The smallest absolute Gasteiger partial charge is 0.123 e. The summed E-state index contributed by atoms with van der Waals surface area (Å²) in [6.07, 6.45) is 0. The molecule has 1 rings (SSSR count). The van der Waals surface area contributed by atoms with Crippen molar-refractivity contribution in [3.05, 3.63) is 24.3 Å². The minimum absolute atomic E-state index is 0.562. The van der Waals surface area contributed by atoms with E-state index >= 15 is 0 Å². The molecular weight excluding hydrogens is 180 g/mol. The highest BCUT2D eigenvalue weighted by Gasteiger charge is 1.96. The maximum Gasteiger partial charge on any atom is 0.123 e. The third kappa shape index (κ3) is 3.66. The third-order valence-corrected chi connectivity index (χ3v) is 1.67. The molecule has 0 aliphatic heterocycles. The summed E-state index contributed by atoms with van der Waals surface area (Å²) < 4.78 is 15.7. The van der Waals surface area contributed by atoms with E-state index in [0.717, 1.165) is 11.5 Å². The SMILES string of the molecule is CCOc1cccc(OCCOC)c1. The Morgan fingerprint density at radius 3 is 2.43 bits per heavy atom. The predicted molar refractivity (Wildman–Crippen MR) is 55.0 cm³/mol. The molecule has 78 valence electrons. The largest absolute Gasteiger partial charge is 0.494 e. The maximum atomic E-state index is 5.43. The van der Waals surface area contributed by atoms with Crippen LogP contribution in [-0.4, -0.2) is 26.9 Å². The van der Waals surface area contributed by atoms with Crippen LogP contribution in [0.1, 0.15) is 6.92 Å². The summed E-state index contributed by atoms with van der Waals surface area (Å²) in [5.74, 6) is 1.65. The predicted octanol–water partition coefficient (Wildman–Crippen LogP) is 2.11. The van der Waals surface area contributed by atoms with Gasteiger partial charge in [-0.1, -0.05) is 6.07 Å². The lowest BCUT2D eigenvalue weighted by molar-refractivity contribution is 0.146. The van der Waals surface area contributed by atoms with Crippen molar-refractivity contribution in [2.45, 2.75) is 6.92 Å². The normalized spacial score (nSPS) is 9.86. The Balaban J connectivity index is 2.46. The van der Waals surface area contributed by atoms with E-state index < -0.39 is 0 Å². The Morgan fingerprint density at radius 1 is 1.07 bits per heavy atom. The van der Waals surface area contributed by atoms with Crippen molar-refractivity contribution in [3.63, 3.8) is 0 Å². The highest BCUT2D eigenvalue weighted by atomic mass is 16.5. The van der Waals surface area contributed by atoms with Crippen molar-refractivity contribution in [1.82, 2.24) is 0 Å². The van der Waals surface area contributed by atoms with Gasteiger partial charge in [-0.3, -0.25) is 0 Å². The van der Waals surface area contributed by atoms with Crippen LogP contribution in [0.2, 0.25) is 0 Å². The van der Waals surface area contributed by atoms with Gasteiger partial charge in [-0.25, -0.2) is 0 Å². The van der Waals surface area contributed by atoms with Crippen LogP contribution in [0.15, 0.2) is 24.3 Å². The van der Waals surface area contributed by atoms with Gasteiger partial charge in [0.15, 0.2) is 0 Å². The van der Waals surface area contributed by atoms with Crippen molar-refractivity contribution < 1.29 is 14.2 Å². The second kappa shape index (κ2) is 6.27. The Bertz CT molecular complexity index is 260. The molecule has 0 heterocycles. The molecule has 0 spiro atoms. The maximum absolute atomic E-state index is 5.43. The van der Waals surface area contributed by atoms with E-state index in [4.69, 9.17) is 14.2 Å². The van der Waals surface area contributed by atoms with E-state index in [1.807, 2.05) is 31.2 Å². The number of ether oxygens (including phenoxy) is 3. The number of hydrogen-bond donors (Lipinski definition) is 0. The van der Waals surface area contributed by atoms with E-state index in [0.29, 0.717) is 19.8 Å². The summed E-state index contributed by atoms with van der Waals surface area (Å²) in [6.45, 7) is 3.78. The lowest BCUT2D eigenvalue weighted by Crippen LogP contribution is -2.04. The number of hydrogen-bond acceptors (Lipinski definition) is 3. The van der Waals surface area contributed by atoms with Crippen LogP contribution >= 0.6 is 0 Å². The Morgan fingerprint density at radius 2 is 1.79 bits per heavy atom. The first-order chi connectivity index (χ1) is 6.86. The van der Waals surface area contributed by atoms with E-state index in [9.17, 15) is 0 Å². The van der Waals surface area contributed by atoms with E-state index in [-0.39, 0.29) is 0 Å². The number of methoxy groups -OCH3 is 1. The Labute approximate surface area is 84.6 Å². The van der Waals surface area contributed by atoms with Crippen LogP contribution in [0.3, 0.4) is 0 Å². The first-order valence-corrected chi connectivity index (χ1v) is 4.71. The summed E-state index contributed by atoms with van der Waals surface area (Å²) in [7, 11) is 1.65. The topological polar surface area (TPSA) is 27.7 Å². The molecule has 0 saturated carbocycles. The molecule has 0 fully saturated rings. The van der Waals surface area contributed by atoms with Crippen LogP contribution in [0.5, 0.6) is 11.5 Å². The molecule has 0 N–H and O–H groups in total. The quantitative estimate of drug-likeness (QED) is 0.652. The fourth-order valence-electron chi connectivity index (χ4n) is 1.06. The van der Waals surface area contributed by atoms with Gasteiger partial charge in [0.2, 0.25) is 0 Å². The lowest BCUT2D eigenvalue weighted by atomic mass is 10.3. The van der Waals surface area contributed by atoms with Crippen molar-refractivity contribution in [2.75, 3.05) is 26.9 Å². The van der Waals surface area contributed by atoms with Gasteiger partial charge in [0, 0.05) is 13.2 Å². The zero-order valence-electron chi connectivity index (χ0n) is 8.66. The summed E-state index contributed by atoms with van der Waals surface area (Å²) >= 11 is 0. The van der Waals surface area contributed by atoms with Crippen LogP contribution in [0.25, 0.3) is 0 Å². The van der Waals surface area contributed by atoms with Crippen LogP contribution in [-0.2, 0) is 4.74 Å². The summed E-state index contributed by atoms with van der Waals surface area (Å²) in [6, 6.07) is 7.59. The summed E-state index contributed by atoms with van der Waals surface area (Å²) in [4.78, 5) is 0. The molecule has 3 heteroatoms. The highest BCUT2D eigenvalue weighted by Crippen LogP contribution is 2.18. The summed E-state index contributed by atoms with van der Waals surface area (Å²) in [5.41, 5.74) is 0. The molecule has 0 bridgehead atoms. The molecule has 0 atom stereocenters. The van der Waals surface area contributed by atoms with Crippen molar-refractivity contribution in [2.24, 2.45) is 0 Å². The first kappa shape index (κ1) is 10.9. The van der Waals surface area contributed by atoms with Crippen molar-refractivity contribution in [1.29, 1.82) is 0 Å². The molecule has 3 nitrogen and oxygen atoms in total. The molecule has 0 saturated heterocycles. The van der Waals surface area contributed by atoms with E-state index in [2.05, 4.69) is 0 Å². The van der Waals surface area contributed by atoms with E-state index in [1.54, 1.807) is 7.11 Å². The van der Waals surface area contributed by atoms with Gasteiger partial charge in [-0.2, -0.15) is 0 Å². The molecule has 0 amide bonds. The average Bonchev–Trinajstić information content (AvgIpc) is 2.19. The van der Waals surface area contributed by atoms with Crippen molar-refractivity contribution >= 4 is 0 Å². The molecular formula is C11H16O3. The van der Waals surface area contributed by atoms with Gasteiger partial charge in [0.1, 0.15) is 18.1 Å². The third-order valence-electron chi connectivity index (χ3n) is 1.67. The minimum Gasteiger partial charge on any atom is -0.494 e. The van der Waals surface area contributed by atoms with Gasteiger partial charge in [-0.15, -0.1) is 0 Å². The number of benzene rings is 1. The molecule has 0 aromatic heterocycles. The summed E-state index contributed by atoms with van der Waals surface area (Å²) in [5, 5.41) is 0. The molecule has 14 heavy (non-hydrogen) atoms. The zero-order chi connectivity index (χ0) is 10.2. The van der Waals surface area contributed by atoms with E-state index in [1.165, 1.54) is 0 Å². The van der Waals surface area contributed by atoms with Crippen molar-refractivity contribution in [3.8, 4) is 11.5 Å². The molecule has 0 aliphatic rings. The lowest BCUT2D eigenvalue weighted by Gasteiger charge is -2.07. The van der Waals surface area contributed by atoms with Crippen LogP contribution < -0.4 is 9.47 Å². The zero-order valence-corrected chi connectivity index (χ0v) is 8.66. The van der Waals surface area contributed by atoms with Crippen LogP contribution in [0, 0.1) is 0 Å². The standard InChI is InChI=1S/C11H16O3/c1-3-13-10-5-4-6-11(9-10)14-8-7-12-2/h4-6,9H,3,7-8H2,1-2H3. The average molecular weight is 196 g/mol. The molecule has 1 aromatic rings. The Hall–Kier alpha value is -1.22. The Kier molecular flexibility index (Phi) is 4.86.